The molecule has 5 nitrogen and oxygen atoms in total. The number of hydrogen-bond acceptors (Lipinski definition) is 4. The Morgan fingerprint density at radius 1 is 1.32 bits per heavy atom. The summed E-state index contributed by atoms with van der Waals surface area (Å²) in [7, 11) is 3.41. The normalized spacial score (nSPS) is 10.8. The molecule has 0 saturated carbocycles. The van der Waals surface area contributed by atoms with E-state index < -0.39 is 0 Å². The molecule has 0 atom stereocenters. The highest BCUT2D eigenvalue weighted by Crippen LogP contribution is 2.23. The Kier molecular flexibility index (Phi) is 5.50. The highest BCUT2D eigenvalue weighted by Gasteiger charge is 2.13. The Hall–Kier alpha value is -2.18. The van der Waals surface area contributed by atoms with E-state index in [4.69, 9.17) is 16.3 Å². The van der Waals surface area contributed by atoms with Crippen LogP contribution < -0.4 is 4.74 Å². The summed E-state index contributed by atoms with van der Waals surface area (Å²) >= 11 is 7.35. The van der Waals surface area contributed by atoms with Crippen LogP contribution in [0.2, 0.25) is 5.02 Å². The average molecular weight is 376 g/mol. The molecule has 0 unspecified atom stereocenters. The van der Waals surface area contributed by atoms with Crippen molar-refractivity contribution in [2.45, 2.75) is 11.7 Å². The summed E-state index contributed by atoms with van der Waals surface area (Å²) in [4.78, 5) is 21.7. The zero-order chi connectivity index (χ0) is 17.8. The number of halogens is 1. The topological polar surface area (TPSA) is 58.2 Å². The number of para-hydroxylation sites is 1. The minimum atomic E-state index is 0.0226. The maximum atomic E-state index is 12.4. The SMILES string of the molecule is COc1ccccc1CN(C)C(=O)CSc1nc2ccc(Cl)cc2[nH]1. The van der Waals surface area contributed by atoms with Crippen LogP contribution in [0.3, 0.4) is 0 Å². The van der Waals surface area contributed by atoms with Gasteiger partial charge in [-0.15, -0.1) is 0 Å². The van der Waals surface area contributed by atoms with E-state index in [2.05, 4.69) is 9.97 Å². The van der Waals surface area contributed by atoms with Gasteiger partial charge in [0.25, 0.3) is 0 Å². The third kappa shape index (κ3) is 4.27. The van der Waals surface area contributed by atoms with Crippen molar-refractivity contribution in [1.82, 2.24) is 14.9 Å². The Labute approximate surface area is 155 Å². The molecule has 1 amide bonds. The van der Waals surface area contributed by atoms with Crippen molar-refractivity contribution < 1.29 is 9.53 Å². The van der Waals surface area contributed by atoms with E-state index in [-0.39, 0.29) is 5.91 Å². The number of carbonyl (C=O) groups excluding carboxylic acids is 1. The zero-order valence-corrected chi connectivity index (χ0v) is 15.5. The number of H-pyrrole nitrogens is 1. The first kappa shape index (κ1) is 17.6. The predicted octanol–water partition coefficient (Wildman–Crippen LogP) is 3.98. The number of imidazole rings is 1. The van der Waals surface area contributed by atoms with Gasteiger partial charge in [-0.25, -0.2) is 4.98 Å². The van der Waals surface area contributed by atoms with Crippen LogP contribution in [0.5, 0.6) is 5.75 Å². The van der Waals surface area contributed by atoms with Crippen molar-refractivity contribution in [1.29, 1.82) is 0 Å². The van der Waals surface area contributed by atoms with Crippen LogP contribution in [0.15, 0.2) is 47.6 Å². The standard InChI is InChI=1S/C18H18ClN3O2S/c1-22(10-12-5-3-4-6-16(12)24-2)17(23)11-25-18-20-14-8-7-13(19)9-15(14)21-18/h3-9H,10-11H2,1-2H3,(H,20,21). The Balaban J connectivity index is 1.61. The monoisotopic (exact) mass is 375 g/mol. The molecule has 3 aromatic rings. The second kappa shape index (κ2) is 7.80. The summed E-state index contributed by atoms with van der Waals surface area (Å²) in [5, 5.41) is 1.36. The Morgan fingerprint density at radius 2 is 2.12 bits per heavy atom. The number of hydrogen-bond donors (Lipinski definition) is 1. The third-order valence-electron chi connectivity index (χ3n) is 3.78. The van der Waals surface area contributed by atoms with Gasteiger partial charge in [-0.05, 0) is 24.3 Å². The van der Waals surface area contributed by atoms with E-state index in [1.165, 1.54) is 11.8 Å². The molecule has 0 radical (unpaired) electrons. The number of ether oxygens (including phenoxy) is 1. The predicted molar refractivity (Wildman–Crippen MR) is 101 cm³/mol. The number of aromatic amines is 1. The summed E-state index contributed by atoms with van der Waals surface area (Å²) in [5.41, 5.74) is 2.68. The van der Waals surface area contributed by atoms with E-state index in [9.17, 15) is 4.79 Å². The van der Waals surface area contributed by atoms with Crippen molar-refractivity contribution >= 4 is 40.3 Å². The van der Waals surface area contributed by atoms with Crippen LogP contribution in [0.1, 0.15) is 5.56 Å². The maximum Gasteiger partial charge on any atom is 0.233 e. The molecular formula is C18H18ClN3O2S. The van der Waals surface area contributed by atoms with Gasteiger partial charge in [0.2, 0.25) is 5.91 Å². The molecule has 0 aliphatic heterocycles. The van der Waals surface area contributed by atoms with Crippen LogP contribution in [0.25, 0.3) is 11.0 Å². The van der Waals surface area contributed by atoms with Gasteiger partial charge in [-0.1, -0.05) is 41.6 Å². The van der Waals surface area contributed by atoms with Gasteiger partial charge in [-0.3, -0.25) is 4.79 Å². The molecule has 0 spiro atoms. The fourth-order valence-corrected chi connectivity index (χ4v) is 3.44. The summed E-state index contributed by atoms with van der Waals surface area (Å²) in [6, 6.07) is 13.2. The van der Waals surface area contributed by atoms with Gasteiger partial charge in [0, 0.05) is 24.2 Å². The zero-order valence-electron chi connectivity index (χ0n) is 14.0. The first-order valence-corrected chi connectivity index (χ1v) is 9.07. The fraction of sp³-hybridized carbons (Fsp3) is 0.222. The van der Waals surface area contributed by atoms with Gasteiger partial charge < -0.3 is 14.6 Å². The third-order valence-corrected chi connectivity index (χ3v) is 4.87. The van der Waals surface area contributed by atoms with Crippen molar-refractivity contribution in [3.63, 3.8) is 0 Å². The highest BCUT2D eigenvalue weighted by molar-refractivity contribution is 7.99. The Bertz CT molecular complexity index is 897. The molecule has 1 N–H and O–H groups in total. The molecule has 0 aliphatic rings. The van der Waals surface area contributed by atoms with Gasteiger partial charge >= 0.3 is 0 Å². The summed E-state index contributed by atoms with van der Waals surface area (Å²) in [6.07, 6.45) is 0. The van der Waals surface area contributed by atoms with Crippen molar-refractivity contribution in [3.8, 4) is 5.75 Å². The largest absolute Gasteiger partial charge is 0.496 e. The Morgan fingerprint density at radius 3 is 2.92 bits per heavy atom. The number of fused-ring (bicyclic) bond motifs is 1. The lowest BCUT2D eigenvalue weighted by atomic mass is 10.2. The summed E-state index contributed by atoms with van der Waals surface area (Å²) in [5.74, 6) is 1.11. The molecule has 1 heterocycles. The summed E-state index contributed by atoms with van der Waals surface area (Å²) in [6.45, 7) is 0.499. The van der Waals surface area contributed by atoms with Crippen molar-refractivity contribution in [3.05, 3.63) is 53.1 Å². The first-order chi connectivity index (χ1) is 12.1. The van der Waals surface area contributed by atoms with E-state index in [1.807, 2.05) is 36.4 Å². The molecule has 0 saturated heterocycles. The number of nitrogens with zero attached hydrogens (tertiary/aromatic N) is 2. The fourth-order valence-electron chi connectivity index (χ4n) is 2.44. The minimum absolute atomic E-state index is 0.0226. The number of rotatable bonds is 6. The molecule has 25 heavy (non-hydrogen) atoms. The number of carbonyl (C=O) groups is 1. The second-order valence-electron chi connectivity index (χ2n) is 5.55. The van der Waals surface area contributed by atoms with Gasteiger partial charge in [0.05, 0.1) is 23.9 Å². The minimum Gasteiger partial charge on any atom is -0.496 e. The van der Waals surface area contributed by atoms with E-state index >= 15 is 0 Å². The van der Waals surface area contributed by atoms with E-state index in [1.54, 1.807) is 25.1 Å². The van der Waals surface area contributed by atoms with E-state index in [0.717, 1.165) is 22.3 Å². The highest BCUT2D eigenvalue weighted by atomic mass is 35.5. The van der Waals surface area contributed by atoms with Crippen LogP contribution in [-0.4, -0.2) is 40.7 Å². The first-order valence-electron chi connectivity index (χ1n) is 7.71. The molecule has 7 heteroatoms. The van der Waals surface area contributed by atoms with Crippen LogP contribution in [0, 0.1) is 0 Å². The smallest absolute Gasteiger partial charge is 0.233 e. The molecule has 0 bridgehead atoms. The number of thioether (sulfide) groups is 1. The van der Waals surface area contributed by atoms with Crippen molar-refractivity contribution in [2.75, 3.05) is 19.9 Å². The number of methoxy groups -OCH3 is 1. The molecule has 2 aromatic carbocycles. The lowest BCUT2D eigenvalue weighted by molar-refractivity contribution is -0.127. The molecule has 0 fully saturated rings. The van der Waals surface area contributed by atoms with Gasteiger partial charge in [0.15, 0.2) is 5.16 Å². The lowest BCUT2D eigenvalue weighted by Crippen LogP contribution is -2.28. The van der Waals surface area contributed by atoms with E-state index in [0.29, 0.717) is 22.5 Å². The quantitative estimate of drug-likeness (QED) is 0.662. The average Bonchev–Trinajstić information content (AvgIpc) is 3.02. The van der Waals surface area contributed by atoms with Crippen LogP contribution in [0.4, 0.5) is 0 Å². The molecule has 130 valence electrons. The van der Waals surface area contributed by atoms with Crippen molar-refractivity contribution in [2.24, 2.45) is 0 Å². The molecule has 0 aliphatic carbocycles. The molecule has 3 rings (SSSR count). The number of aromatic nitrogens is 2. The maximum absolute atomic E-state index is 12.4. The number of amides is 1. The van der Waals surface area contributed by atoms with Crippen LogP contribution in [-0.2, 0) is 11.3 Å². The second-order valence-corrected chi connectivity index (χ2v) is 6.95. The molecule has 1 aromatic heterocycles. The van der Waals surface area contributed by atoms with Gasteiger partial charge in [-0.2, -0.15) is 0 Å². The van der Waals surface area contributed by atoms with Crippen LogP contribution >= 0.6 is 23.4 Å². The lowest BCUT2D eigenvalue weighted by Gasteiger charge is -2.18. The number of nitrogens with one attached hydrogen (secondary N) is 1. The van der Waals surface area contributed by atoms with Gasteiger partial charge in [0.1, 0.15) is 5.75 Å². The summed E-state index contributed by atoms with van der Waals surface area (Å²) < 4.78 is 5.33. The number of benzene rings is 2. The molecular weight excluding hydrogens is 358 g/mol.